The SMILES string of the molecule is COc1ccc(N2CCCCC2)cc1NC(=O)C1CCCC1. The van der Waals surface area contributed by atoms with Crippen LogP contribution in [0, 0.1) is 5.92 Å². The van der Waals surface area contributed by atoms with Gasteiger partial charge >= 0.3 is 0 Å². The number of ether oxygens (including phenoxy) is 1. The van der Waals surface area contributed by atoms with Crippen LogP contribution in [0.5, 0.6) is 5.75 Å². The van der Waals surface area contributed by atoms with Crippen LogP contribution >= 0.6 is 0 Å². The van der Waals surface area contributed by atoms with E-state index in [1.54, 1.807) is 7.11 Å². The van der Waals surface area contributed by atoms with Gasteiger partial charge in [0.15, 0.2) is 0 Å². The van der Waals surface area contributed by atoms with Crippen molar-refractivity contribution in [1.29, 1.82) is 0 Å². The molecule has 0 spiro atoms. The Balaban J connectivity index is 1.76. The Hall–Kier alpha value is -1.71. The third-order valence-electron chi connectivity index (χ3n) is 4.89. The number of rotatable bonds is 4. The third-order valence-corrected chi connectivity index (χ3v) is 4.89. The van der Waals surface area contributed by atoms with E-state index >= 15 is 0 Å². The maximum atomic E-state index is 12.4. The zero-order valence-corrected chi connectivity index (χ0v) is 13.4. The number of piperidine rings is 1. The van der Waals surface area contributed by atoms with Gasteiger partial charge in [0.25, 0.3) is 0 Å². The summed E-state index contributed by atoms with van der Waals surface area (Å²) in [5.74, 6) is 1.06. The molecule has 2 fully saturated rings. The molecule has 0 atom stereocenters. The molecule has 2 aliphatic rings. The number of amides is 1. The quantitative estimate of drug-likeness (QED) is 0.919. The molecule has 1 N–H and O–H groups in total. The molecule has 3 rings (SSSR count). The van der Waals surface area contributed by atoms with E-state index < -0.39 is 0 Å². The van der Waals surface area contributed by atoms with Crippen molar-refractivity contribution in [3.8, 4) is 5.75 Å². The summed E-state index contributed by atoms with van der Waals surface area (Å²) >= 11 is 0. The van der Waals surface area contributed by atoms with Gasteiger partial charge in [0.2, 0.25) is 5.91 Å². The molecule has 1 saturated carbocycles. The largest absolute Gasteiger partial charge is 0.495 e. The highest BCUT2D eigenvalue weighted by Gasteiger charge is 2.23. The summed E-state index contributed by atoms with van der Waals surface area (Å²) < 4.78 is 5.42. The van der Waals surface area contributed by atoms with Crippen molar-refractivity contribution in [3.05, 3.63) is 18.2 Å². The molecule has 0 aromatic heterocycles. The summed E-state index contributed by atoms with van der Waals surface area (Å²) in [6.45, 7) is 2.20. The Morgan fingerprint density at radius 2 is 1.86 bits per heavy atom. The Morgan fingerprint density at radius 3 is 2.55 bits per heavy atom. The fraction of sp³-hybridized carbons (Fsp3) is 0.611. The van der Waals surface area contributed by atoms with Crippen LogP contribution in [0.15, 0.2) is 18.2 Å². The molecule has 120 valence electrons. The van der Waals surface area contributed by atoms with E-state index in [4.69, 9.17) is 4.74 Å². The van der Waals surface area contributed by atoms with Crippen LogP contribution in [0.25, 0.3) is 0 Å². The van der Waals surface area contributed by atoms with E-state index in [1.807, 2.05) is 6.07 Å². The number of carbonyl (C=O) groups excluding carboxylic acids is 1. The monoisotopic (exact) mass is 302 g/mol. The van der Waals surface area contributed by atoms with Gasteiger partial charge in [0.1, 0.15) is 5.75 Å². The molecule has 0 radical (unpaired) electrons. The fourth-order valence-corrected chi connectivity index (χ4v) is 3.57. The number of nitrogens with zero attached hydrogens (tertiary/aromatic N) is 1. The van der Waals surface area contributed by atoms with E-state index in [0.717, 1.165) is 37.4 Å². The fourth-order valence-electron chi connectivity index (χ4n) is 3.57. The molecule has 1 saturated heterocycles. The van der Waals surface area contributed by atoms with Gasteiger partial charge in [-0.15, -0.1) is 0 Å². The predicted octanol–water partition coefficient (Wildman–Crippen LogP) is 3.81. The number of benzene rings is 1. The Labute approximate surface area is 132 Å². The second kappa shape index (κ2) is 7.03. The Bertz CT molecular complexity index is 518. The molecule has 4 heteroatoms. The van der Waals surface area contributed by atoms with E-state index in [-0.39, 0.29) is 11.8 Å². The lowest BCUT2D eigenvalue weighted by Gasteiger charge is -2.29. The summed E-state index contributed by atoms with van der Waals surface area (Å²) in [6.07, 6.45) is 8.18. The minimum atomic E-state index is 0.145. The summed E-state index contributed by atoms with van der Waals surface area (Å²) in [7, 11) is 1.65. The van der Waals surface area contributed by atoms with Crippen LogP contribution < -0.4 is 15.0 Å². The molecule has 1 aromatic rings. The molecule has 1 amide bonds. The van der Waals surface area contributed by atoms with Crippen molar-refractivity contribution in [2.45, 2.75) is 44.9 Å². The van der Waals surface area contributed by atoms with Crippen LogP contribution in [0.4, 0.5) is 11.4 Å². The second-order valence-electron chi connectivity index (χ2n) is 6.40. The van der Waals surface area contributed by atoms with Crippen molar-refractivity contribution in [2.24, 2.45) is 5.92 Å². The molecule has 1 heterocycles. The standard InChI is InChI=1S/C18H26N2O2/c1-22-17-10-9-15(20-11-5-2-6-12-20)13-16(17)19-18(21)14-7-3-4-8-14/h9-10,13-14H,2-8,11-12H2,1H3,(H,19,21). The average Bonchev–Trinajstić information content (AvgIpc) is 3.10. The van der Waals surface area contributed by atoms with Crippen LogP contribution in [-0.2, 0) is 4.79 Å². The maximum absolute atomic E-state index is 12.4. The number of hydrogen-bond acceptors (Lipinski definition) is 3. The number of hydrogen-bond donors (Lipinski definition) is 1. The van der Waals surface area contributed by atoms with E-state index in [9.17, 15) is 4.79 Å². The smallest absolute Gasteiger partial charge is 0.227 e. The number of carbonyl (C=O) groups is 1. The lowest BCUT2D eigenvalue weighted by Crippen LogP contribution is -2.29. The predicted molar refractivity (Wildman–Crippen MR) is 89.6 cm³/mol. The minimum Gasteiger partial charge on any atom is -0.495 e. The first-order valence-corrected chi connectivity index (χ1v) is 8.52. The third kappa shape index (κ3) is 3.37. The second-order valence-corrected chi connectivity index (χ2v) is 6.40. The van der Waals surface area contributed by atoms with Crippen LogP contribution in [0.1, 0.15) is 44.9 Å². The van der Waals surface area contributed by atoms with Crippen molar-refractivity contribution in [2.75, 3.05) is 30.4 Å². The lowest BCUT2D eigenvalue weighted by atomic mass is 10.1. The molecular formula is C18H26N2O2. The van der Waals surface area contributed by atoms with Crippen molar-refractivity contribution in [3.63, 3.8) is 0 Å². The van der Waals surface area contributed by atoms with Crippen LogP contribution in [-0.4, -0.2) is 26.1 Å². The van der Waals surface area contributed by atoms with E-state index in [0.29, 0.717) is 0 Å². The van der Waals surface area contributed by atoms with Crippen molar-refractivity contribution < 1.29 is 9.53 Å². The van der Waals surface area contributed by atoms with E-state index in [1.165, 1.54) is 37.8 Å². The number of nitrogens with one attached hydrogen (secondary N) is 1. The minimum absolute atomic E-state index is 0.145. The van der Waals surface area contributed by atoms with Gasteiger partial charge in [-0.05, 0) is 50.3 Å². The summed E-state index contributed by atoms with van der Waals surface area (Å²) in [4.78, 5) is 14.8. The molecule has 1 aromatic carbocycles. The van der Waals surface area contributed by atoms with E-state index in [2.05, 4.69) is 22.3 Å². The first kappa shape index (κ1) is 15.2. The van der Waals surface area contributed by atoms with Gasteiger partial charge in [-0.1, -0.05) is 12.8 Å². The molecule has 1 aliphatic carbocycles. The molecule has 1 aliphatic heterocycles. The maximum Gasteiger partial charge on any atom is 0.227 e. The summed E-state index contributed by atoms with van der Waals surface area (Å²) in [5.41, 5.74) is 1.99. The highest BCUT2D eigenvalue weighted by molar-refractivity contribution is 5.94. The van der Waals surface area contributed by atoms with Crippen molar-refractivity contribution in [1.82, 2.24) is 0 Å². The highest BCUT2D eigenvalue weighted by Crippen LogP contribution is 2.33. The molecule has 22 heavy (non-hydrogen) atoms. The zero-order valence-electron chi connectivity index (χ0n) is 13.4. The number of methoxy groups -OCH3 is 1. The molecule has 0 bridgehead atoms. The number of anilines is 2. The Morgan fingerprint density at radius 1 is 1.14 bits per heavy atom. The first-order chi connectivity index (χ1) is 10.8. The first-order valence-electron chi connectivity index (χ1n) is 8.52. The summed E-state index contributed by atoms with van der Waals surface area (Å²) in [6, 6.07) is 6.13. The van der Waals surface area contributed by atoms with Crippen LogP contribution in [0.3, 0.4) is 0 Å². The summed E-state index contributed by atoms with van der Waals surface area (Å²) in [5, 5.41) is 3.09. The van der Waals surface area contributed by atoms with Gasteiger partial charge < -0.3 is 15.0 Å². The van der Waals surface area contributed by atoms with Crippen LogP contribution in [0.2, 0.25) is 0 Å². The van der Waals surface area contributed by atoms with Gasteiger partial charge in [-0.3, -0.25) is 4.79 Å². The normalized spacial score (nSPS) is 19.2. The lowest BCUT2D eigenvalue weighted by molar-refractivity contribution is -0.119. The molecule has 0 unspecified atom stereocenters. The van der Waals surface area contributed by atoms with Gasteiger partial charge in [0.05, 0.1) is 12.8 Å². The average molecular weight is 302 g/mol. The zero-order chi connectivity index (χ0) is 15.4. The van der Waals surface area contributed by atoms with Gasteiger partial charge in [-0.25, -0.2) is 0 Å². The highest BCUT2D eigenvalue weighted by atomic mass is 16.5. The molecular weight excluding hydrogens is 276 g/mol. The van der Waals surface area contributed by atoms with Gasteiger partial charge in [0, 0.05) is 24.7 Å². The Kier molecular flexibility index (Phi) is 4.86. The van der Waals surface area contributed by atoms with Gasteiger partial charge in [-0.2, -0.15) is 0 Å². The topological polar surface area (TPSA) is 41.6 Å². The van der Waals surface area contributed by atoms with Crippen molar-refractivity contribution >= 4 is 17.3 Å². The molecule has 4 nitrogen and oxygen atoms in total.